The monoisotopic (exact) mass is 318 g/mol. The van der Waals surface area contributed by atoms with Crippen molar-refractivity contribution in [1.29, 1.82) is 0 Å². The molecule has 8 atom stereocenters. The molecule has 2 heteroatoms. The van der Waals surface area contributed by atoms with Crippen LogP contribution in [0, 0.1) is 40.4 Å². The summed E-state index contributed by atoms with van der Waals surface area (Å²) in [6.07, 6.45) is 10.9. The maximum atomic E-state index is 12.2. The van der Waals surface area contributed by atoms with Crippen molar-refractivity contribution in [3.05, 3.63) is 0 Å². The second kappa shape index (κ2) is 5.31. The van der Waals surface area contributed by atoms with Crippen LogP contribution in [0.4, 0.5) is 0 Å². The van der Waals surface area contributed by atoms with Crippen LogP contribution in [0.5, 0.6) is 0 Å². The van der Waals surface area contributed by atoms with Crippen molar-refractivity contribution >= 4 is 5.78 Å². The van der Waals surface area contributed by atoms with Crippen LogP contribution in [0.25, 0.3) is 0 Å². The molecular formula is C21H34O2. The van der Waals surface area contributed by atoms with E-state index in [1.165, 1.54) is 38.5 Å². The first-order valence-electron chi connectivity index (χ1n) is 10.0. The number of rotatable bonds is 1. The van der Waals surface area contributed by atoms with Gasteiger partial charge in [0, 0.05) is 5.92 Å². The summed E-state index contributed by atoms with van der Waals surface area (Å²) in [6, 6.07) is 0. The quantitative estimate of drug-likeness (QED) is 0.767. The van der Waals surface area contributed by atoms with E-state index >= 15 is 0 Å². The Morgan fingerprint density at radius 1 is 0.913 bits per heavy atom. The number of carbonyl (C=O) groups excluding carboxylic acids is 1. The van der Waals surface area contributed by atoms with Gasteiger partial charge in [-0.3, -0.25) is 4.79 Å². The summed E-state index contributed by atoms with van der Waals surface area (Å²) < 4.78 is 0. The molecule has 0 aromatic rings. The summed E-state index contributed by atoms with van der Waals surface area (Å²) >= 11 is 0. The Bertz CT molecular complexity index is 500. The summed E-state index contributed by atoms with van der Waals surface area (Å²) in [4.78, 5) is 12.2. The lowest BCUT2D eigenvalue weighted by atomic mass is 9.44. The van der Waals surface area contributed by atoms with Crippen LogP contribution in [0.1, 0.15) is 78.6 Å². The Hall–Kier alpha value is -0.370. The first kappa shape index (κ1) is 16.1. The van der Waals surface area contributed by atoms with Gasteiger partial charge in [-0.15, -0.1) is 0 Å². The van der Waals surface area contributed by atoms with Crippen molar-refractivity contribution in [3.63, 3.8) is 0 Å². The molecule has 0 unspecified atom stereocenters. The zero-order chi connectivity index (χ0) is 16.4. The van der Waals surface area contributed by atoms with Crippen molar-refractivity contribution in [1.82, 2.24) is 0 Å². The van der Waals surface area contributed by atoms with E-state index in [4.69, 9.17) is 0 Å². The van der Waals surface area contributed by atoms with E-state index in [0.717, 1.165) is 42.9 Å². The van der Waals surface area contributed by atoms with E-state index in [1.807, 2.05) is 6.92 Å². The lowest BCUT2D eigenvalue weighted by Crippen LogP contribution is -2.54. The zero-order valence-corrected chi connectivity index (χ0v) is 15.2. The van der Waals surface area contributed by atoms with E-state index in [2.05, 4.69) is 13.8 Å². The number of carbonyl (C=O) groups is 1. The predicted octanol–water partition coefficient (Wildman–Crippen LogP) is 4.60. The molecule has 4 aliphatic carbocycles. The third-order valence-electron chi connectivity index (χ3n) is 9.13. The third-order valence-corrected chi connectivity index (χ3v) is 9.13. The molecule has 0 aliphatic heterocycles. The van der Waals surface area contributed by atoms with Crippen molar-refractivity contribution in [2.75, 3.05) is 0 Å². The van der Waals surface area contributed by atoms with Gasteiger partial charge < -0.3 is 5.11 Å². The average molecular weight is 319 g/mol. The van der Waals surface area contributed by atoms with Crippen molar-refractivity contribution < 1.29 is 9.90 Å². The molecule has 1 N–H and O–H groups in total. The lowest BCUT2D eigenvalue weighted by Gasteiger charge is -2.60. The molecule has 4 aliphatic rings. The number of ketones is 1. The summed E-state index contributed by atoms with van der Waals surface area (Å²) in [5, 5.41) is 10.1. The number of hydrogen-bond acceptors (Lipinski definition) is 2. The minimum absolute atomic E-state index is 0.0490. The van der Waals surface area contributed by atoms with Crippen LogP contribution in [0.2, 0.25) is 0 Å². The van der Waals surface area contributed by atoms with Crippen molar-refractivity contribution in [2.45, 2.75) is 84.7 Å². The van der Waals surface area contributed by atoms with Crippen molar-refractivity contribution in [3.8, 4) is 0 Å². The summed E-state index contributed by atoms with van der Waals surface area (Å²) in [5.41, 5.74) is 0.738. The molecule has 4 rings (SSSR count). The lowest BCUT2D eigenvalue weighted by molar-refractivity contribution is -0.138. The fraction of sp³-hybridized carbons (Fsp3) is 0.952. The molecule has 0 amide bonds. The molecule has 4 fully saturated rings. The SMILES string of the molecule is CC(=O)[C@H]1CC[C@H]2[C@H]3CC[C@H]4C[C@H](O)CC[C@]4(C)[C@@H]3CC[C@]12C. The number of fused-ring (bicyclic) bond motifs is 5. The van der Waals surface area contributed by atoms with Crippen LogP contribution in [-0.2, 0) is 4.79 Å². The smallest absolute Gasteiger partial charge is 0.133 e. The second-order valence-corrected chi connectivity index (χ2v) is 9.87. The van der Waals surface area contributed by atoms with Gasteiger partial charge in [0.15, 0.2) is 0 Å². The molecule has 4 saturated carbocycles. The molecule has 2 nitrogen and oxygen atoms in total. The highest BCUT2D eigenvalue weighted by Crippen LogP contribution is 2.67. The Morgan fingerprint density at radius 3 is 2.35 bits per heavy atom. The summed E-state index contributed by atoms with van der Waals surface area (Å²) in [6.45, 7) is 6.80. The fourth-order valence-electron chi connectivity index (χ4n) is 7.90. The van der Waals surface area contributed by atoms with E-state index in [1.54, 1.807) is 0 Å². The number of Topliss-reactive ketones (excluding diaryl/α,β-unsaturated/α-hetero) is 1. The van der Waals surface area contributed by atoms with Crippen LogP contribution in [0.3, 0.4) is 0 Å². The van der Waals surface area contributed by atoms with Gasteiger partial charge in [0.2, 0.25) is 0 Å². The Balaban J connectivity index is 1.61. The molecule has 23 heavy (non-hydrogen) atoms. The van der Waals surface area contributed by atoms with Crippen LogP contribution >= 0.6 is 0 Å². The third kappa shape index (κ3) is 2.19. The highest BCUT2D eigenvalue weighted by Gasteiger charge is 2.60. The normalized spacial score (nSPS) is 55.7. The average Bonchev–Trinajstić information content (AvgIpc) is 2.85. The van der Waals surface area contributed by atoms with E-state index in [9.17, 15) is 9.90 Å². The highest BCUT2D eigenvalue weighted by atomic mass is 16.3. The standard InChI is InChI=1S/C21H34O2/c1-13(22)17-6-7-18-16-5-4-14-12-15(23)8-10-20(14,2)19(16)9-11-21(17,18)3/h14-19,23H,4-12H2,1-3H3/t14-,15+,16+,17+,18-,19+,20-,21+/m0/s1. The van der Waals surface area contributed by atoms with Crippen LogP contribution in [0.15, 0.2) is 0 Å². The highest BCUT2D eigenvalue weighted by molar-refractivity contribution is 5.79. The second-order valence-electron chi connectivity index (χ2n) is 9.87. The topological polar surface area (TPSA) is 37.3 Å². The minimum atomic E-state index is -0.0490. The van der Waals surface area contributed by atoms with Gasteiger partial charge in [-0.1, -0.05) is 13.8 Å². The molecule has 0 aromatic heterocycles. The van der Waals surface area contributed by atoms with Gasteiger partial charge in [-0.05, 0) is 99.2 Å². The van der Waals surface area contributed by atoms with E-state index < -0.39 is 0 Å². The maximum absolute atomic E-state index is 12.2. The summed E-state index contributed by atoms with van der Waals surface area (Å²) in [7, 11) is 0. The van der Waals surface area contributed by atoms with Gasteiger partial charge in [0.25, 0.3) is 0 Å². The number of hydrogen-bond donors (Lipinski definition) is 1. The van der Waals surface area contributed by atoms with Crippen molar-refractivity contribution in [2.24, 2.45) is 40.4 Å². The fourth-order valence-corrected chi connectivity index (χ4v) is 7.90. The van der Waals surface area contributed by atoms with Gasteiger partial charge >= 0.3 is 0 Å². The molecule has 0 bridgehead atoms. The Morgan fingerprint density at radius 2 is 1.61 bits per heavy atom. The maximum Gasteiger partial charge on any atom is 0.133 e. The minimum Gasteiger partial charge on any atom is -0.393 e. The van der Waals surface area contributed by atoms with Crippen LogP contribution in [-0.4, -0.2) is 17.0 Å². The first-order chi connectivity index (χ1) is 10.9. The molecule has 130 valence electrons. The summed E-state index contributed by atoms with van der Waals surface area (Å²) in [5.74, 6) is 3.97. The van der Waals surface area contributed by atoms with Crippen LogP contribution < -0.4 is 0 Å². The van der Waals surface area contributed by atoms with Gasteiger partial charge in [0.1, 0.15) is 5.78 Å². The molecule has 0 radical (unpaired) electrons. The van der Waals surface area contributed by atoms with Gasteiger partial charge in [0.05, 0.1) is 6.10 Å². The largest absolute Gasteiger partial charge is 0.393 e. The number of aliphatic hydroxyl groups is 1. The zero-order valence-electron chi connectivity index (χ0n) is 15.2. The molecule has 0 spiro atoms. The first-order valence-corrected chi connectivity index (χ1v) is 10.0. The number of aliphatic hydroxyl groups excluding tert-OH is 1. The van der Waals surface area contributed by atoms with E-state index in [0.29, 0.717) is 17.1 Å². The van der Waals surface area contributed by atoms with Gasteiger partial charge in [-0.25, -0.2) is 0 Å². The van der Waals surface area contributed by atoms with E-state index in [-0.39, 0.29) is 11.5 Å². The molecular weight excluding hydrogens is 284 g/mol. The predicted molar refractivity (Wildman–Crippen MR) is 91.9 cm³/mol. The molecule has 0 aromatic carbocycles. The Labute approximate surface area is 141 Å². The Kier molecular flexibility index (Phi) is 3.72. The molecule has 0 saturated heterocycles. The van der Waals surface area contributed by atoms with Gasteiger partial charge in [-0.2, -0.15) is 0 Å². The molecule has 0 heterocycles.